The Morgan fingerprint density at radius 2 is 1.95 bits per heavy atom. The maximum Gasteiger partial charge on any atom is 0.277 e. The third-order valence-electron chi connectivity index (χ3n) is 6.61. The van der Waals surface area contributed by atoms with Crippen molar-refractivity contribution in [2.45, 2.75) is 53.6 Å². The number of nitrogen functional groups attached to an aromatic ring is 1. The van der Waals surface area contributed by atoms with Crippen LogP contribution in [0.25, 0.3) is 22.2 Å². The number of allylic oxidation sites excluding steroid dienone is 3. The molecule has 3 aromatic rings. The highest BCUT2D eigenvalue weighted by atomic mass is 19.3. The summed E-state index contributed by atoms with van der Waals surface area (Å²) in [4.78, 5) is 24.8. The van der Waals surface area contributed by atoms with Gasteiger partial charge in [0.25, 0.3) is 12.3 Å². The van der Waals surface area contributed by atoms with Crippen LogP contribution in [0, 0.1) is 5.41 Å². The zero-order valence-electron chi connectivity index (χ0n) is 24.1. The zero-order chi connectivity index (χ0) is 31.1. The topological polar surface area (TPSA) is 158 Å². The van der Waals surface area contributed by atoms with Gasteiger partial charge in [0, 0.05) is 51.1 Å². The number of alkyl halides is 2. The minimum Gasteiger partial charge on any atom is -0.398 e. The van der Waals surface area contributed by atoms with E-state index in [0.717, 1.165) is 23.9 Å². The summed E-state index contributed by atoms with van der Waals surface area (Å²) in [6.45, 7) is 9.49. The number of fused-ring (bicyclic) bond motifs is 1. The number of pyridine rings is 1. The number of carbonyl (C=O) groups is 1. The average Bonchev–Trinajstić information content (AvgIpc) is 3.36. The van der Waals surface area contributed by atoms with Crippen molar-refractivity contribution in [3.8, 4) is 0 Å². The molecule has 42 heavy (non-hydrogen) atoms. The molecule has 12 heteroatoms. The van der Waals surface area contributed by atoms with E-state index >= 15 is 0 Å². The highest BCUT2D eigenvalue weighted by Gasteiger charge is 2.24. The lowest BCUT2D eigenvalue weighted by molar-refractivity contribution is -0.113. The molecule has 1 unspecified atom stereocenters. The van der Waals surface area contributed by atoms with E-state index in [1.165, 1.54) is 6.20 Å². The molecule has 0 aliphatic carbocycles. The maximum absolute atomic E-state index is 14.5. The summed E-state index contributed by atoms with van der Waals surface area (Å²) < 4.78 is 40.9. The van der Waals surface area contributed by atoms with Crippen LogP contribution < -0.4 is 32.7 Å². The van der Waals surface area contributed by atoms with Gasteiger partial charge in [0.2, 0.25) is 0 Å². The van der Waals surface area contributed by atoms with Crippen molar-refractivity contribution in [1.82, 2.24) is 15.3 Å². The van der Waals surface area contributed by atoms with Crippen molar-refractivity contribution in [2.24, 2.45) is 10.7 Å². The molecule has 8 N–H and O–H groups in total. The lowest BCUT2D eigenvalue weighted by atomic mass is 10.0. The summed E-state index contributed by atoms with van der Waals surface area (Å²) in [6.07, 6.45) is 1.08. The first-order chi connectivity index (χ1) is 20.1. The Bertz CT molecular complexity index is 1720. The fourth-order valence-electron chi connectivity index (χ4n) is 4.47. The number of benzene rings is 1. The van der Waals surface area contributed by atoms with Gasteiger partial charge in [-0.2, -0.15) is 0 Å². The number of aromatic nitrogens is 2. The third-order valence-corrected chi connectivity index (χ3v) is 6.61. The molecule has 222 valence electrons. The molecule has 0 radical (unpaired) electrons. The van der Waals surface area contributed by atoms with E-state index in [1.807, 2.05) is 27.7 Å². The van der Waals surface area contributed by atoms with Gasteiger partial charge in [0.05, 0.1) is 11.0 Å². The fourth-order valence-corrected chi connectivity index (χ4v) is 4.47. The monoisotopic (exact) mass is 580 g/mol. The minimum absolute atomic E-state index is 0.0782. The molecule has 2 aromatic heterocycles. The Morgan fingerprint density at radius 3 is 2.57 bits per heavy atom. The van der Waals surface area contributed by atoms with Crippen molar-refractivity contribution >= 4 is 51.5 Å². The van der Waals surface area contributed by atoms with Crippen LogP contribution in [-0.4, -0.2) is 40.4 Å². The molecule has 0 saturated heterocycles. The van der Waals surface area contributed by atoms with Crippen molar-refractivity contribution in [2.75, 3.05) is 11.1 Å². The van der Waals surface area contributed by atoms with Crippen molar-refractivity contribution in [3.05, 3.63) is 75.8 Å². The molecule has 9 nitrogen and oxygen atoms in total. The van der Waals surface area contributed by atoms with E-state index in [1.54, 1.807) is 31.2 Å². The number of H-pyrrole nitrogens is 1. The number of aromatic amines is 1. The third kappa shape index (κ3) is 6.37. The van der Waals surface area contributed by atoms with E-state index in [4.69, 9.17) is 16.9 Å². The number of nitrogens with one attached hydrogen (secondary N) is 4. The first-order valence-electron chi connectivity index (χ1n) is 13.4. The number of rotatable bonds is 8. The first kappa shape index (κ1) is 31.7. The highest BCUT2D eigenvalue weighted by Crippen LogP contribution is 2.22. The number of dihydropyridines is 1. The molecule has 1 aliphatic rings. The molecule has 1 aliphatic heterocycles. The number of aliphatic imine (C=N–C) groups is 1. The summed E-state index contributed by atoms with van der Waals surface area (Å²) >= 11 is 0. The second-order valence-corrected chi connectivity index (χ2v) is 9.15. The number of hydrogen-bond donors (Lipinski definition) is 6. The van der Waals surface area contributed by atoms with E-state index < -0.39 is 30.0 Å². The number of amides is 1. The normalized spacial score (nSPS) is 16.5. The Labute approximate surface area is 241 Å². The number of hydrogen-bond acceptors (Lipinski definition) is 7. The smallest absolute Gasteiger partial charge is 0.277 e. The van der Waals surface area contributed by atoms with Crippen LogP contribution in [0.1, 0.15) is 52.2 Å². The quantitative estimate of drug-likeness (QED) is 0.174. The average molecular weight is 581 g/mol. The minimum atomic E-state index is -2.81. The second kappa shape index (κ2) is 13.7. The van der Waals surface area contributed by atoms with Crippen LogP contribution in [0.3, 0.4) is 0 Å². The Morgan fingerprint density at radius 1 is 1.24 bits per heavy atom. The van der Waals surface area contributed by atoms with Gasteiger partial charge in [0.15, 0.2) is 11.9 Å². The summed E-state index contributed by atoms with van der Waals surface area (Å²) in [5.74, 6) is -1.38. The van der Waals surface area contributed by atoms with Crippen molar-refractivity contribution in [3.63, 3.8) is 0 Å². The lowest BCUT2D eigenvalue weighted by Gasteiger charge is -2.25. The predicted molar refractivity (Wildman–Crippen MR) is 163 cm³/mol. The Balaban J connectivity index is 0.00000237. The first-order valence-corrected chi connectivity index (χ1v) is 13.4. The van der Waals surface area contributed by atoms with Gasteiger partial charge in [-0.25, -0.2) is 23.1 Å². The highest BCUT2D eigenvalue weighted by molar-refractivity contribution is 6.17. The number of carbonyl (C=O) groups excluding carboxylic acids is 1. The molecule has 0 fully saturated rings. The van der Waals surface area contributed by atoms with Gasteiger partial charge in [0.1, 0.15) is 11.6 Å². The Kier molecular flexibility index (Phi) is 10.3. The van der Waals surface area contributed by atoms with Gasteiger partial charge in [-0.05, 0) is 56.7 Å². The van der Waals surface area contributed by atoms with Crippen LogP contribution in [0.5, 0.6) is 0 Å². The number of anilines is 2. The SMILES string of the molecule is CC.CC/C(C)=c1/c(=C(\N=C(C)c2cccnc2NC2NC(C(F)F)=CC=C2F)C(N)=O)[nH]c2ccc(N)c(C=N)c12. The summed E-state index contributed by atoms with van der Waals surface area (Å²) in [5.41, 5.74) is 14.6. The van der Waals surface area contributed by atoms with Crippen LogP contribution in [0.15, 0.2) is 59.1 Å². The molecule has 0 saturated carbocycles. The second-order valence-electron chi connectivity index (χ2n) is 9.15. The number of nitrogens with zero attached hydrogens (tertiary/aromatic N) is 2. The van der Waals surface area contributed by atoms with Gasteiger partial charge in [-0.3, -0.25) is 4.79 Å². The van der Waals surface area contributed by atoms with Gasteiger partial charge < -0.3 is 32.5 Å². The molecule has 0 bridgehead atoms. The summed E-state index contributed by atoms with van der Waals surface area (Å²) in [6, 6.07) is 6.69. The van der Waals surface area contributed by atoms with Crippen LogP contribution in [-0.2, 0) is 4.79 Å². The number of nitrogens with two attached hydrogens (primary N) is 2. The molecule has 0 spiro atoms. The molecule has 1 atom stereocenters. The lowest BCUT2D eigenvalue weighted by Crippen LogP contribution is -2.40. The number of halogens is 3. The van der Waals surface area contributed by atoms with Crippen LogP contribution in [0.4, 0.5) is 24.7 Å². The largest absolute Gasteiger partial charge is 0.398 e. The fraction of sp³-hybridized carbons (Fsp3) is 0.267. The van der Waals surface area contributed by atoms with Crippen LogP contribution in [0.2, 0.25) is 0 Å². The zero-order valence-corrected chi connectivity index (χ0v) is 24.1. The van der Waals surface area contributed by atoms with Gasteiger partial charge in [-0.15, -0.1) is 0 Å². The van der Waals surface area contributed by atoms with E-state index in [2.05, 4.69) is 25.6 Å². The van der Waals surface area contributed by atoms with Gasteiger partial charge >= 0.3 is 0 Å². The standard InChI is InChI=1S/C28H29F3N8O.C2H6/c1-4-13(2)21-22-16(12-32)18(33)8-10-19(22)37-23(21)24(26(34)40)36-14(3)15-6-5-11-35-27(15)39-28-17(29)7-9-20(38-28)25(30)31;1-2/h5-12,25,28,32,37-38H,4,33H2,1-3H3,(H2,34,40)(H,35,39);1-2H3/b21-13+,24-23+,32-12?,36-14?;. The molecule has 3 heterocycles. The molecule has 1 amide bonds. The van der Waals surface area contributed by atoms with E-state index in [-0.39, 0.29) is 11.5 Å². The van der Waals surface area contributed by atoms with Crippen molar-refractivity contribution < 1.29 is 18.0 Å². The number of primary amides is 1. The van der Waals surface area contributed by atoms with Crippen LogP contribution >= 0.6 is 0 Å². The van der Waals surface area contributed by atoms with Gasteiger partial charge in [-0.1, -0.05) is 26.3 Å². The molecule has 1 aromatic carbocycles. The Hall–Kier alpha value is -4.87. The molecular formula is C30H35F3N8O. The summed E-state index contributed by atoms with van der Waals surface area (Å²) in [5, 5.41) is 14.8. The van der Waals surface area contributed by atoms with E-state index in [9.17, 15) is 18.0 Å². The van der Waals surface area contributed by atoms with Crippen molar-refractivity contribution in [1.29, 1.82) is 5.41 Å². The molecule has 4 rings (SSSR count). The molecular weight excluding hydrogens is 545 g/mol. The summed E-state index contributed by atoms with van der Waals surface area (Å²) in [7, 11) is 0. The predicted octanol–water partition coefficient (Wildman–Crippen LogP) is 4.20. The van der Waals surface area contributed by atoms with E-state index in [0.29, 0.717) is 50.4 Å². The maximum atomic E-state index is 14.5.